The van der Waals surface area contributed by atoms with Crippen LogP contribution in [0.25, 0.3) is 0 Å². The molecule has 0 saturated carbocycles. The largest absolute Gasteiger partial charge is 0.392 e. The Labute approximate surface area is 137 Å². The first-order chi connectivity index (χ1) is 10.3. The van der Waals surface area contributed by atoms with Gasteiger partial charge in [0.05, 0.1) is 17.6 Å². The van der Waals surface area contributed by atoms with E-state index in [1.165, 1.54) is 0 Å². The molecule has 1 saturated heterocycles. The second-order valence-corrected chi connectivity index (χ2v) is 9.68. The standard InChI is InChI=1S/C15H28F3NO3S/c1-14(2,3)19-11-13(20)10-12(19)6-4-8-23(21,22)9-5-7-15(16,17)18/h12-13,20H,4-11H2,1-3H3/t12-,13-/m1/s1. The zero-order chi connectivity index (χ0) is 17.9. The minimum Gasteiger partial charge on any atom is -0.392 e. The summed E-state index contributed by atoms with van der Waals surface area (Å²) >= 11 is 0. The molecule has 0 amide bonds. The van der Waals surface area contributed by atoms with Gasteiger partial charge in [0.2, 0.25) is 0 Å². The monoisotopic (exact) mass is 359 g/mol. The molecule has 0 unspecified atom stereocenters. The predicted octanol–water partition coefficient (Wildman–Crippen LogP) is 2.76. The molecule has 1 heterocycles. The second-order valence-electron chi connectivity index (χ2n) is 7.38. The summed E-state index contributed by atoms with van der Waals surface area (Å²) in [7, 11) is -3.44. The molecule has 1 aliphatic heterocycles. The minimum atomic E-state index is -4.30. The molecule has 0 aromatic rings. The van der Waals surface area contributed by atoms with Gasteiger partial charge in [-0.2, -0.15) is 13.2 Å². The van der Waals surface area contributed by atoms with Gasteiger partial charge >= 0.3 is 6.18 Å². The number of sulfone groups is 1. The van der Waals surface area contributed by atoms with Gasteiger partial charge in [-0.1, -0.05) is 0 Å². The molecule has 0 spiro atoms. The molecule has 4 nitrogen and oxygen atoms in total. The van der Waals surface area contributed by atoms with Gasteiger partial charge in [-0.05, 0) is 46.5 Å². The molecule has 23 heavy (non-hydrogen) atoms. The number of hydrogen-bond donors (Lipinski definition) is 1. The number of aliphatic hydroxyl groups is 1. The van der Waals surface area contributed by atoms with Gasteiger partial charge in [-0.25, -0.2) is 8.42 Å². The third-order valence-electron chi connectivity index (χ3n) is 4.16. The van der Waals surface area contributed by atoms with Crippen molar-refractivity contribution in [1.82, 2.24) is 4.90 Å². The molecule has 2 atom stereocenters. The van der Waals surface area contributed by atoms with Crippen LogP contribution in [0, 0.1) is 0 Å². The van der Waals surface area contributed by atoms with E-state index in [0.717, 1.165) is 0 Å². The van der Waals surface area contributed by atoms with E-state index >= 15 is 0 Å². The van der Waals surface area contributed by atoms with Gasteiger partial charge < -0.3 is 5.11 Å². The Kier molecular flexibility index (Phi) is 6.93. The van der Waals surface area contributed by atoms with Crippen molar-refractivity contribution in [2.24, 2.45) is 0 Å². The van der Waals surface area contributed by atoms with Gasteiger partial charge in [0.15, 0.2) is 0 Å². The van der Waals surface area contributed by atoms with Crippen LogP contribution >= 0.6 is 0 Å². The molecule has 0 aliphatic carbocycles. The number of rotatable bonds is 7. The van der Waals surface area contributed by atoms with Crippen LogP contribution in [-0.4, -0.2) is 60.3 Å². The third-order valence-corrected chi connectivity index (χ3v) is 5.98. The first kappa shape index (κ1) is 20.7. The summed E-state index contributed by atoms with van der Waals surface area (Å²) in [6, 6.07) is 0.121. The number of likely N-dealkylation sites (tertiary alicyclic amines) is 1. The molecule has 1 N–H and O–H groups in total. The summed E-state index contributed by atoms with van der Waals surface area (Å²) < 4.78 is 59.8. The van der Waals surface area contributed by atoms with Crippen LogP contribution in [-0.2, 0) is 9.84 Å². The van der Waals surface area contributed by atoms with Crippen LogP contribution < -0.4 is 0 Å². The van der Waals surface area contributed by atoms with Crippen molar-refractivity contribution in [1.29, 1.82) is 0 Å². The summed E-state index contributed by atoms with van der Waals surface area (Å²) in [4.78, 5) is 2.17. The van der Waals surface area contributed by atoms with E-state index < -0.39 is 34.3 Å². The lowest BCUT2D eigenvalue weighted by Gasteiger charge is -2.36. The van der Waals surface area contributed by atoms with Gasteiger partial charge in [0.25, 0.3) is 0 Å². The van der Waals surface area contributed by atoms with Gasteiger partial charge in [0, 0.05) is 24.5 Å². The number of hydrogen-bond acceptors (Lipinski definition) is 4. The average molecular weight is 359 g/mol. The van der Waals surface area contributed by atoms with E-state index in [9.17, 15) is 26.7 Å². The number of halogens is 3. The van der Waals surface area contributed by atoms with Gasteiger partial charge in [-0.15, -0.1) is 0 Å². The number of aliphatic hydroxyl groups excluding tert-OH is 1. The Balaban J connectivity index is 2.40. The highest BCUT2D eigenvalue weighted by molar-refractivity contribution is 7.91. The average Bonchev–Trinajstić information content (AvgIpc) is 2.68. The van der Waals surface area contributed by atoms with Crippen LogP contribution in [0.4, 0.5) is 13.2 Å². The maximum Gasteiger partial charge on any atom is 0.389 e. The Morgan fingerprint density at radius 1 is 1.13 bits per heavy atom. The van der Waals surface area contributed by atoms with Crippen LogP contribution in [0.5, 0.6) is 0 Å². The highest BCUT2D eigenvalue weighted by atomic mass is 32.2. The molecule has 8 heteroatoms. The molecular formula is C15H28F3NO3S. The van der Waals surface area contributed by atoms with Crippen molar-refractivity contribution < 1.29 is 26.7 Å². The fourth-order valence-corrected chi connectivity index (χ4v) is 4.52. The van der Waals surface area contributed by atoms with Gasteiger partial charge in [0.1, 0.15) is 9.84 Å². The number of β-amino-alcohol motifs (C(OH)–C–C–N with tert-alkyl or cyclic N) is 1. The van der Waals surface area contributed by atoms with E-state index in [-0.39, 0.29) is 23.8 Å². The zero-order valence-electron chi connectivity index (χ0n) is 14.1. The summed E-state index contributed by atoms with van der Waals surface area (Å²) in [6.45, 7) is 6.72. The van der Waals surface area contributed by atoms with Crippen molar-refractivity contribution in [2.75, 3.05) is 18.1 Å². The van der Waals surface area contributed by atoms with E-state index in [1.54, 1.807) is 0 Å². The number of nitrogens with zero attached hydrogens (tertiary/aromatic N) is 1. The molecular weight excluding hydrogens is 331 g/mol. The first-order valence-electron chi connectivity index (χ1n) is 8.02. The van der Waals surface area contributed by atoms with Crippen LogP contribution in [0.15, 0.2) is 0 Å². The topological polar surface area (TPSA) is 57.6 Å². The minimum absolute atomic E-state index is 0.0879. The highest BCUT2D eigenvalue weighted by Gasteiger charge is 2.37. The molecule has 0 aromatic heterocycles. The second kappa shape index (κ2) is 7.70. The van der Waals surface area contributed by atoms with Crippen molar-refractivity contribution >= 4 is 9.84 Å². The highest BCUT2D eigenvalue weighted by Crippen LogP contribution is 2.29. The van der Waals surface area contributed by atoms with Crippen molar-refractivity contribution in [3.05, 3.63) is 0 Å². The molecule has 0 radical (unpaired) electrons. The molecule has 1 fully saturated rings. The Morgan fingerprint density at radius 3 is 2.22 bits per heavy atom. The quantitative estimate of drug-likeness (QED) is 0.759. The normalized spacial score (nSPS) is 24.3. The third kappa shape index (κ3) is 7.85. The maximum absolute atomic E-state index is 12.1. The molecule has 0 aromatic carbocycles. The molecule has 138 valence electrons. The van der Waals surface area contributed by atoms with Crippen LogP contribution in [0.1, 0.15) is 52.9 Å². The smallest absolute Gasteiger partial charge is 0.389 e. The first-order valence-corrected chi connectivity index (χ1v) is 9.84. The van der Waals surface area contributed by atoms with E-state index in [0.29, 0.717) is 25.8 Å². The fraction of sp³-hybridized carbons (Fsp3) is 1.00. The Morgan fingerprint density at radius 2 is 1.70 bits per heavy atom. The molecule has 1 aliphatic rings. The van der Waals surface area contributed by atoms with Crippen LogP contribution in [0.2, 0.25) is 0 Å². The Hall–Kier alpha value is -0.340. The van der Waals surface area contributed by atoms with E-state index in [4.69, 9.17) is 0 Å². The Bertz CT molecular complexity index is 471. The fourth-order valence-electron chi connectivity index (χ4n) is 3.12. The summed E-state index contributed by atoms with van der Waals surface area (Å²) in [5.74, 6) is -0.502. The number of alkyl halides is 3. The summed E-state index contributed by atoms with van der Waals surface area (Å²) in [6.07, 6.45) is -4.47. The van der Waals surface area contributed by atoms with E-state index in [1.807, 2.05) is 20.8 Å². The lowest BCUT2D eigenvalue weighted by atomic mass is 10.0. The predicted molar refractivity (Wildman–Crippen MR) is 84.0 cm³/mol. The summed E-state index contributed by atoms with van der Waals surface area (Å²) in [5.41, 5.74) is -0.103. The maximum atomic E-state index is 12.1. The lowest BCUT2D eigenvalue weighted by molar-refractivity contribution is -0.134. The van der Waals surface area contributed by atoms with Crippen molar-refractivity contribution in [2.45, 2.75) is 76.7 Å². The zero-order valence-corrected chi connectivity index (χ0v) is 14.9. The van der Waals surface area contributed by atoms with Crippen molar-refractivity contribution in [3.8, 4) is 0 Å². The summed E-state index contributed by atoms with van der Waals surface area (Å²) in [5, 5.41) is 9.82. The van der Waals surface area contributed by atoms with Crippen molar-refractivity contribution in [3.63, 3.8) is 0 Å². The van der Waals surface area contributed by atoms with Crippen LogP contribution in [0.3, 0.4) is 0 Å². The molecule has 0 bridgehead atoms. The molecule has 1 rings (SSSR count). The van der Waals surface area contributed by atoms with Gasteiger partial charge in [-0.3, -0.25) is 4.90 Å². The lowest BCUT2D eigenvalue weighted by Crippen LogP contribution is -2.45. The SMILES string of the molecule is CC(C)(C)N1C[C@H](O)C[C@H]1CCCS(=O)(=O)CCCC(F)(F)F. The van der Waals surface area contributed by atoms with E-state index in [2.05, 4.69) is 4.90 Å².